The van der Waals surface area contributed by atoms with Crippen molar-refractivity contribution in [1.29, 1.82) is 0 Å². The Morgan fingerprint density at radius 1 is 1.09 bits per heavy atom. The van der Waals surface area contributed by atoms with Crippen LogP contribution in [0.4, 0.5) is 17.2 Å². The number of hydrogen-bond acceptors (Lipinski definition) is 7. The molecule has 0 saturated carbocycles. The van der Waals surface area contributed by atoms with Crippen molar-refractivity contribution in [2.24, 2.45) is 7.05 Å². The summed E-state index contributed by atoms with van der Waals surface area (Å²) in [5.74, 6) is 0.649. The van der Waals surface area contributed by atoms with Gasteiger partial charge in [0.25, 0.3) is 5.56 Å². The number of rotatable bonds is 5. The van der Waals surface area contributed by atoms with E-state index in [4.69, 9.17) is 4.74 Å². The SMILES string of the molecule is C[C@H]1CN(C2COC2)CCN1c1ccc(Nc2cc(-c3ccncc3)cn(C)c2=O)nc1. The van der Waals surface area contributed by atoms with E-state index in [9.17, 15) is 4.79 Å². The third-order valence-electron chi connectivity index (χ3n) is 6.34. The van der Waals surface area contributed by atoms with Gasteiger partial charge in [-0.3, -0.25) is 14.7 Å². The summed E-state index contributed by atoms with van der Waals surface area (Å²) < 4.78 is 6.93. The molecule has 2 saturated heterocycles. The van der Waals surface area contributed by atoms with Crippen molar-refractivity contribution in [3.05, 3.63) is 65.5 Å². The molecule has 5 rings (SSSR count). The van der Waals surface area contributed by atoms with Crippen LogP contribution in [0, 0.1) is 0 Å². The first-order valence-electron chi connectivity index (χ1n) is 11.0. The van der Waals surface area contributed by atoms with E-state index in [0.29, 0.717) is 23.6 Å². The number of nitrogens with zero attached hydrogens (tertiary/aromatic N) is 5. The highest BCUT2D eigenvalue weighted by atomic mass is 16.5. The molecule has 3 aromatic rings. The molecule has 1 atom stereocenters. The molecule has 0 bridgehead atoms. The molecule has 0 spiro atoms. The van der Waals surface area contributed by atoms with Crippen LogP contribution in [-0.2, 0) is 11.8 Å². The number of nitrogens with one attached hydrogen (secondary N) is 1. The molecule has 2 aliphatic rings. The molecule has 8 nitrogen and oxygen atoms in total. The van der Waals surface area contributed by atoms with Gasteiger partial charge in [-0.05, 0) is 42.8 Å². The van der Waals surface area contributed by atoms with Crippen molar-refractivity contribution in [2.75, 3.05) is 43.1 Å². The summed E-state index contributed by atoms with van der Waals surface area (Å²) in [5.41, 5.74) is 3.44. The number of aromatic nitrogens is 3. The molecular formula is C24H28N6O2. The summed E-state index contributed by atoms with van der Waals surface area (Å²) in [4.78, 5) is 26.3. The highest BCUT2D eigenvalue weighted by molar-refractivity contribution is 5.68. The fourth-order valence-electron chi connectivity index (χ4n) is 4.41. The Morgan fingerprint density at radius 2 is 1.91 bits per heavy atom. The van der Waals surface area contributed by atoms with Crippen molar-refractivity contribution in [3.63, 3.8) is 0 Å². The maximum atomic E-state index is 12.7. The number of pyridine rings is 3. The third-order valence-corrected chi connectivity index (χ3v) is 6.34. The van der Waals surface area contributed by atoms with Gasteiger partial charge in [0.15, 0.2) is 0 Å². The van der Waals surface area contributed by atoms with Gasteiger partial charge in [0.05, 0.1) is 31.1 Å². The lowest BCUT2D eigenvalue weighted by Gasteiger charge is -2.46. The molecule has 0 unspecified atom stereocenters. The van der Waals surface area contributed by atoms with Crippen molar-refractivity contribution < 1.29 is 4.74 Å². The molecule has 5 heterocycles. The fourth-order valence-corrected chi connectivity index (χ4v) is 4.41. The van der Waals surface area contributed by atoms with Gasteiger partial charge in [-0.1, -0.05) is 0 Å². The predicted octanol–water partition coefficient (Wildman–Crippen LogP) is 2.50. The molecule has 0 aliphatic carbocycles. The minimum absolute atomic E-state index is 0.0987. The van der Waals surface area contributed by atoms with Crippen LogP contribution in [0.3, 0.4) is 0 Å². The van der Waals surface area contributed by atoms with Crippen LogP contribution in [0.1, 0.15) is 6.92 Å². The Kier molecular flexibility index (Phi) is 5.63. The Bertz CT molecular complexity index is 1130. The molecule has 2 fully saturated rings. The second-order valence-corrected chi connectivity index (χ2v) is 8.55. The van der Waals surface area contributed by atoms with Crippen molar-refractivity contribution in [2.45, 2.75) is 19.0 Å². The van der Waals surface area contributed by atoms with Crippen LogP contribution in [-0.4, -0.2) is 64.4 Å². The number of anilines is 3. The Labute approximate surface area is 187 Å². The van der Waals surface area contributed by atoms with Crippen LogP contribution >= 0.6 is 0 Å². The first kappa shape index (κ1) is 20.7. The lowest BCUT2D eigenvalue weighted by Crippen LogP contribution is -2.59. The van der Waals surface area contributed by atoms with Crippen LogP contribution < -0.4 is 15.8 Å². The molecule has 0 aromatic carbocycles. The van der Waals surface area contributed by atoms with Gasteiger partial charge in [-0.2, -0.15) is 0 Å². The highest BCUT2D eigenvalue weighted by Crippen LogP contribution is 2.25. The topological polar surface area (TPSA) is 75.5 Å². The van der Waals surface area contributed by atoms with Crippen LogP contribution in [0.15, 0.2) is 59.9 Å². The maximum Gasteiger partial charge on any atom is 0.274 e. The van der Waals surface area contributed by atoms with Gasteiger partial charge in [0.1, 0.15) is 11.5 Å². The molecule has 32 heavy (non-hydrogen) atoms. The molecule has 3 aromatic heterocycles. The second kappa shape index (κ2) is 8.72. The number of hydrogen-bond donors (Lipinski definition) is 1. The number of ether oxygens (including phenoxy) is 1. The van der Waals surface area contributed by atoms with Crippen LogP contribution in [0.5, 0.6) is 0 Å². The van der Waals surface area contributed by atoms with E-state index in [1.54, 1.807) is 24.0 Å². The van der Waals surface area contributed by atoms with Crippen LogP contribution in [0.2, 0.25) is 0 Å². The van der Waals surface area contributed by atoms with E-state index >= 15 is 0 Å². The van der Waals surface area contributed by atoms with E-state index in [2.05, 4.69) is 38.1 Å². The van der Waals surface area contributed by atoms with E-state index in [1.165, 1.54) is 0 Å². The summed E-state index contributed by atoms with van der Waals surface area (Å²) in [5, 5.41) is 3.20. The zero-order chi connectivity index (χ0) is 22.1. The Balaban J connectivity index is 1.31. The molecule has 0 radical (unpaired) electrons. The summed E-state index contributed by atoms with van der Waals surface area (Å²) >= 11 is 0. The first-order valence-corrected chi connectivity index (χ1v) is 11.0. The molecule has 1 N–H and O–H groups in total. The summed E-state index contributed by atoms with van der Waals surface area (Å²) in [6.07, 6.45) is 7.21. The van der Waals surface area contributed by atoms with Gasteiger partial charge < -0.3 is 19.5 Å². The average molecular weight is 433 g/mol. The molecule has 2 aliphatic heterocycles. The maximum absolute atomic E-state index is 12.7. The van der Waals surface area contributed by atoms with E-state index in [1.807, 2.05) is 36.7 Å². The molecule has 8 heteroatoms. The smallest absolute Gasteiger partial charge is 0.274 e. The molecule has 0 amide bonds. The minimum atomic E-state index is -0.0987. The molecule has 166 valence electrons. The second-order valence-electron chi connectivity index (χ2n) is 8.55. The standard InChI is InChI=1S/C24H28N6O2/c1-17-13-29(21-15-32-16-21)9-10-30(17)20-3-4-23(26-12-20)27-22-11-19(14-28(2)24(22)31)18-5-7-25-8-6-18/h3-8,11-12,14,17,21H,9-10,13,15-16H2,1-2H3,(H,26,27)/t17-/m0/s1. The Morgan fingerprint density at radius 3 is 2.56 bits per heavy atom. The minimum Gasteiger partial charge on any atom is -0.378 e. The largest absolute Gasteiger partial charge is 0.378 e. The monoisotopic (exact) mass is 432 g/mol. The quantitative estimate of drug-likeness (QED) is 0.664. The van der Waals surface area contributed by atoms with Crippen molar-refractivity contribution >= 4 is 17.2 Å². The van der Waals surface area contributed by atoms with Crippen LogP contribution in [0.25, 0.3) is 11.1 Å². The predicted molar refractivity (Wildman–Crippen MR) is 125 cm³/mol. The zero-order valence-corrected chi connectivity index (χ0v) is 18.4. The summed E-state index contributed by atoms with van der Waals surface area (Å²) in [6, 6.07) is 10.7. The van der Waals surface area contributed by atoms with Gasteiger partial charge >= 0.3 is 0 Å². The summed E-state index contributed by atoms with van der Waals surface area (Å²) in [6.45, 7) is 7.02. The summed E-state index contributed by atoms with van der Waals surface area (Å²) in [7, 11) is 1.76. The highest BCUT2D eigenvalue weighted by Gasteiger charge is 2.32. The first-order chi connectivity index (χ1) is 15.6. The number of piperazine rings is 1. The van der Waals surface area contributed by atoms with Gasteiger partial charge in [-0.25, -0.2) is 4.98 Å². The van der Waals surface area contributed by atoms with Gasteiger partial charge in [0, 0.05) is 56.9 Å². The Hall–Kier alpha value is -3.23. The normalized spacial score (nSPS) is 19.6. The lowest BCUT2D eigenvalue weighted by molar-refractivity contribution is -0.0691. The van der Waals surface area contributed by atoms with E-state index in [-0.39, 0.29) is 5.56 Å². The number of aryl methyl sites for hydroxylation is 1. The fraction of sp³-hybridized carbons (Fsp3) is 0.375. The average Bonchev–Trinajstić information content (AvgIpc) is 2.77. The van der Waals surface area contributed by atoms with Crippen molar-refractivity contribution in [1.82, 2.24) is 19.4 Å². The van der Waals surface area contributed by atoms with E-state index < -0.39 is 0 Å². The third kappa shape index (κ3) is 4.11. The molecular weight excluding hydrogens is 404 g/mol. The van der Waals surface area contributed by atoms with Crippen molar-refractivity contribution in [3.8, 4) is 11.1 Å². The van der Waals surface area contributed by atoms with E-state index in [0.717, 1.165) is 49.7 Å². The van der Waals surface area contributed by atoms with Gasteiger partial charge in [-0.15, -0.1) is 0 Å². The zero-order valence-electron chi connectivity index (χ0n) is 18.4. The van der Waals surface area contributed by atoms with Gasteiger partial charge in [0.2, 0.25) is 0 Å². The lowest BCUT2D eigenvalue weighted by atomic mass is 10.1.